The van der Waals surface area contributed by atoms with Gasteiger partial charge in [-0.2, -0.15) is 0 Å². The Morgan fingerprint density at radius 3 is 1.08 bits per heavy atom. The average molecular weight is 491 g/mol. The van der Waals surface area contributed by atoms with Crippen LogP contribution < -0.4 is 0 Å². The number of fused-ring (bicyclic) bond motifs is 8. The Morgan fingerprint density at radius 2 is 0.763 bits per heavy atom. The highest BCUT2D eigenvalue weighted by atomic mass is 14.8. The zero-order chi connectivity index (χ0) is 25.7. The monoisotopic (exact) mass is 490 g/mol. The number of aromatic nitrogens is 4. The van der Waals surface area contributed by atoms with Crippen molar-refractivity contribution in [1.82, 2.24) is 19.9 Å². The first-order valence-electron chi connectivity index (χ1n) is 12.5. The van der Waals surface area contributed by atoms with Crippen molar-refractivity contribution in [3.8, 4) is 0 Å². The fourth-order valence-electron chi connectivity index (χ4n) is 4.39. The molecule has 2 N–H and O–H groups in total. The maximum atomic E-state index is 4.63. The van der Waals surface area contributed by atoms with Gasteiger partial charge in [0.25, 0.3) is 0 Å². The van der Waals surface area contributed by atoms with E-state index in [0.29, 0.717) is 0 Å². The fourth-order valence-corrected chi connectivity index (χ4v) is 4.39. The van der Waals surface area contributed by atoms with Gasteiger partial charge in [0.15, 0.2) is 0 Å². The Bertz CT molecular complexity index is 1600. The van der Waals surface area contributed by atoms with Gasteiger partial charge in [-0.25, -0.2) is 9.97 Å². The fraction of sp³-hybridized carbons (Fsp3) is 0. The molecule has 4 nitrogen and oxygen atoms in total. The Morgan fingerprint density at radius 1 is 0.447 bits per heavy atom. The summed E-state index contributed by atoms with van der Waals surface area (Å²) in [5.41, 5.74) is 11.3. The second-order valence-electron chi connectivity index (χ2n) is 9.12. The molecule has 5 aromatic rings. The molecule has 0 amide bonds. The van der Waals surface area contributed by atoms with Crippen LogP contribution >= 0.6 is 0 Å². The maximum absolute atomic E-state index is 4.63. The lowest BCUT2D eigenvalue weighted by Crippen LogP contribution is -1.84. The van der Waals surface area contributed by atoms with Crippen LogP contribution in [-0.2, 0) is 0 Å². The van der Waals surface area contributed by atoms with E-state index in [-0.39, 0.29) is 0 Å². The van der Waals surface area contributed by atoms with Gasteiger partial charge in [0.1, 0.15) is 0 Å². The van der Waals surface area contributed by atoms with Crippen LogP contribution in [0.4, 0.5) is 0 Å². The Balaban J connectivity index is 0.000000161. The molecule has 0 saturated carbocycles. The Kier molecular flexibility index (Phi) is 6.35. The minimum atomic E-state index is 0.939. The van der Waals surface area contributed by atoms with Crippen LogP contribution in [0.5, 0.6) is 0 Å². The molecule has 5 heterocycles. The standard InChI is InChI=1S/C20H14N4.C14H12/c1-2-14-10-16-5-6-18(23-16)12-20-8-7-19(24-20)11-17-4-3-15(22-17)9-13(1)21-14;1-12(13-8-4-2-5-9-13)14-10-6-3-7-11-14/h1-12,21,24H;2-11H,1H2. The molecule has 0 fully saturated rings. The van der Waals surface area contributed by atoms with Crippen molar-refractivity contribution < 1.29 is 0 Å². The molecule has 0 radical (unpaired) electrons. The maximum Gasteiger partial charge on any atom is 0.0658 e. The normalized spacial score (nSPS) is 11.6. The first kappa shape index (κ1) is 23.2. The molecule has 0 saturated heterocycles. The highest BCUT2D eigenvalue weighted by Gasteiger charge is 2.01. The number of aromatic amines is 2. The molecule has 2 aliphatic heterocycles. The summed E-state index contributed by atoms with van der Waals surface area (Å²) < 4.78 is 0. The van der Waals surface area contributed by atoms with Gasteiger partial charge in [-0.1, -0.05) is 67.2 Å². The first-order valence-corrected chi connectivity index (χ1v) is 12.5. The number of rotatable bonds is 2. The van der Waals surface area contributed by atoms with Crippen molar-refractivity contribution >= 4 is 51.9 Å². The molecule has 4 heteroatoms. The van der Waals surface area contributed by atoms with Crippen LogP contribution in [0.15, 0.2) is 116 Å². The lowest BCUT2D eigenvalue weighted by molar-refractivity contribution is 1.31. The van der Waals surface area contributed by atoms with E-state index in [9.17, 15) is 0 Å². The predicted octanol–water partition coefficient (Wildman–Crippen LogP) is 8.40. The van der Waals surface area contributed by atoms with E-state index in [1.807, 2.05) is 85.0 Å². The van der Waals surface area contributed by atoms with Gasteiger partial charge in [-0.05, 0) is 89.5 Å². The molecular weight excluding hydrogens is 464 g/mol. The number of nitrogens with one attached hydrogen (secondary N) is 2. The minimum Gasteiger partial charge on any atom is -0.355 e. The molecular formula is C34H26N4. The third-order valence-electron chi connectivity index (χ3n) is 6.29. The lowest BCUT2D eigenvalue weighted by Gasteiger charge is -2.04. The summed E-state index contributed by atoms with van der Waals surface area (Å²) in [4.78, 5) is 16.0. The summed E-state index contributed by atoms with van der Waals surface area (Å²) in [5, 5.41) is 0. The van der Waals surface area contributed by atoms with E-state index in [4.69, 9.17) is 0 Å². The van der Waals surface area contributed by atoms with Crippen molar-refractivity contribution in [3.63, 3.8) is 0 Å². The third kappa shape index (κ3) is 5.45. The number of benzene rings is 2. The quantitative estimate of drug-likeness (QED) is 0.256. The molecule has 7 rings (SSSR count). The largest absolute Gasteiger partial charge is 0.355 e. The van der Waals surface area contributed by atoms with E-state index >= 15 is 0 Å². The first-order chi connectivity index (χ1) is 18.7. The number of hydrogen-bond acceptors (Lipinski definition) is 2. The molecule has 2 aliphatic rings. The van der Waals surface area contributed by atoms with E-state index in [2.05, 4.69) is 75.0 Å². The third-order valence-corrected chi connectivity index (χ3v) is 6.29. The van der Waals surface area contributed by atoms with Crippen molar-refractivity contribution in [1.29, 1.82) is 0 Å². The number of H-pyrrole nitrogens is 2. The van der Waals surface area contributed by atoms with Crippen molar-refractivity contribution in [2.75, 3.05) is 0 Å². The summed E-state index contributed by atoms with van der Waals surface area (Å²) in [7, 11) is 0. The Hall–Kier alpha value is -5.22. The molecule has 8 bridgehead atoms. The summed E-state index contributed by atoms with van der Waals surface area (Å²) >= 11 is 0. The second-order valence-corrected chi connectivity index (χ2v) is 9.12. The summed E-state index contributed by atoms with van der Waals surface area (Å²) in [6, 6.07) is 36.8. The van der Waals surface area contributed by atoms with E-state index in [0.717, 1.165) is 50.4 Å². The number of hydrogen-bond donors (Lipinski definition) is 2. The average Bonchev–Trinajstić information content (AvgIpc) is 3.76. The molecule has 0 atom stereocenters. The van der Waals surface area contributed by atoms with Crippen molar-refractivity contribution in [3.05, 3.63) is 150 Å². The molecule has 0 spiro atoms. The highest BCUT2D eigenvalue weighted by molar-refractivity contribution is 5.78. The summed E-state index contributed by atoms with van der Waals surface area (Å²) in [5.74, 6) is 0. The van der Waals surface area contributed by atoms with Crippen LogP contribution in [0.1, 0.15) is 33.9 Å². The molecule has 0 aliphatic carbocycles. The van der Waals surface area contributed by atoms with Crippen LogP contribution in [-0.4, -0.2) is 19.9 Å². The summed E-state index contributed by atoms with van der Waals surface area (Å²) in [6.07, 6.45) is 8.09. The van der Waals surface area contributed by atoms with Gasteiger partial charge in [0.2, 0.25) is 0 Å². The zero-order valence-electron chi connectivity index (χ0n) is 20.8. The van der Waals surface area contributed by atoms with Gasteiger partial charge in [0.05, 0.1) is 22.8 Å². The SMILES string of the molecule is C1=Cc2cc3ccc(cc4nc(cc5ccc(cc1n2)[nH]5)C=C4)[nH]3.C=C(c1ccccc1)c1ccccc1. The van der Waals surface area contributed by atoms with Crippen LogP contribution in [0, 0.1) is 0 Å². The zero-order valence-corrected chi connectivity index (χ0v) is 20.8. The molecule has 182 valence electrons. The van der Waals surface area contributed by atoms with Crippen LogP contribution in [0.3, 0.4) is 0 Å². The number of nitrogens with zero attached hydrogens (tertiary/aromatic N) is 2. The predicted molar refractivity (Wildman–Crippen MR) is 160 cm³/mol. The Labute approximate surface area is 221 Å². The van der Waals surface area contributed by atoms with Crippen molar-refractivity contribution in [2.45, 2.75) is 0 Å². The summed E-state index contributed by atoms with van der Waals surface area (Å²) in [6.45, 7) is 4.10. The molecule has 38 heavy (non-hydrogen) atoms. The minimum absolute atomic E-state index is 0.939. The topological polar surface area (TPSA) is 57.4 Å². The smallest absolute Gasteiger partial charge is 0.0658 e. The van der Waals surface area contributed by atoms with Gasteiger partial charge >= 0.3 is 0 Å². The van der Waals surface area contributed by atoms with Gasteiger partial charge in [-0.15, -0.1) is 0 Å². The van der Waals surface area contributed by atoms with Crippen LogP contribution in [0.2, 0.25) is 0 Å². The molecule has 3 aromatic heterocycles. The highest BCUT2D eigenvalue weighted by Crippen LogP contribution is 2.20. The molecule has 2 aromatic carbocycles. The second kappa shape index (κ2) is 10.4. The van der Waals surface area contributed by atoms with E-state index < -0.39 is 0 Å². The molecule has 0 unspecified atom stereocenters. The van der Waals surface area contributed by atoms with Crippen LogP contribution in [0.25, 0.3) is 51.9 Å². The van der Waals surface area contributed by atoms with Crippen molar-refractivity contribution in [2.24, 2.45) is 0 Å². The lowest BCUT2D eigenvalue weighted by atomic mass is 10.0. The van der Waals surface area contributed by atoms with Gasteiger partial charge in [-0.3, -0.25) is 0 Å². The van der Waals surface area contributed by atoms with Gasteiger partial charge in [0, 0.05) is 22.1 Å². The van der Waals surface area contributed by atoms with E-state index in [1.54, 1.807) is 0 Å². The van der Waals surface area contributed by atoms with E-state index in [1.165, 1.54) is 11.1 Å². The van der Waals surface area contributed by atoms with Gasteiger partial charge < -0.3 is 9.97 Å².